The summed E-state index contributed by atoms with van der Waals surface area (Å²) in [5, 5.41) is 1.16. The highest BCUT2D eigenvalue weighted by Gasteiger charge is 2.31. The zero-order valence-corrected chi connectivity index (χ0v) is 18.3. The Labute approximate surface area is 187 Å². The number of rotatable bonds is 4. The second-order valence-electron chi connectivity index (χ2n) is 7.60. The van der Waals surface area contributed by atoms with Crippen molar-refractivity contribution in [3.63, 3.8) is 0 Å². The largest absolute Gasteiger partial charge is 0.304 e. The molecular weight excluding hydrogens is 417 g/mol. The molecule has 1 aliphatic rings. The lowest BCUT2D eigenvalue weighted by Crippen LogP contribution is -2.50. The number of likely N-dealkylation sites (tertiary alicyclic amines) is 1. The van der Waals surface area contributed by atoms with Crippen LogP contribution in [0.4, 0.5) is 5.82 Å². The third-order valence-electron chi connectivity index (χ3n) is 5.47. The predicted octanol–water partition coefficient (Wildman–Crippen LogP) is 5.80. The van der Waals surface area contributed by atoms with Crippen molar-refractivity contribution in [2.75, 3.05) is 25.0 Å². The van der Waals surface area contributed by atoms with Crippen LogP contribution in [0.2, 0.25) is 10.0 Å². The molecule has 1 atom stereocenters. The van der Waals surface area contributed by atoms with Crippen LogP contribution in [-0.2, 0) is 0 Å². The first-order valence-corrected chi connectivity index (χ1v) is 10.8. The SMILES string of the molecule is CN1CCC[C@@H](N(C(=O)c2ccc(-c3ccccc3Cl)cc2)c2ncccc2Cl)C1. The molecular formula is C24H23Cl2N3O. The molecule has 0 bridgehead atoms. The normalized spacial score (nSPS) is 17.0. The molecule has 1 aliphatic heterocycles. The van der Waals surface area contributed by atoms with E-state index in [4.69, 9.17) is 23.2 Å². The summed E-state index contributed by atoms with van der Waals surface area (Å²) in [6.45, 7) is 1.82. The Morgan fingerprint density at radius 3 is 2.47 bits per heavy atom. The van der Waals surface area contributed by atoms with E-state index in [0.29, 0.717) is 21.4 Å². The Kier molecular flexibility index (Phi) is 6.38. The molecule has 1 saturated heterocycles. The van der Waals surface area contributed by atoms with E-state index in [1.54, 1.807) is 23.2 Å². The van der Waals surface area contributed by atoms with E-state index in [1.807, 2.05) is 48.5 Å². The zero-order valence-electron chi connectivity index (χ0n) is 16.8. The number of hydrogen-bond donors (Lipinski definition) is 0. The Morgan fingerprint density at radius 2 is 1.77 bits per heavy atom. The molecule has 0 unspecified atom stereocenters. The Morgan fingerprint density at radius 1 is 1.03 bits per heavy atom. The summed E-state index contributed by atoms with van der Waals surface area (Å²) in [7, 11) is 2.08. The van der Waals surface area contributed by atoms with Crippen LogP contribution < -0.4 is 4.90 Å². The van der Waals surface area contributed by atoms with Gasteiger partial charge in [-0.3, -0.25) is 9.69 Å². The molecule has 0 aliphatic carbocycles. The highest BCUT2D eigenvalue weighted by molar-refractivity contribution is 6.34. The number of carbonyl (C=O) groups is 1. The number of likely N-dealkylation sites (N-methyl/N-ethyl adjacent to an activating group) is 1. The highest BCUT2D eigenvalue weighted by atomic mass is 35.5. The first-order valence-electron chi connectivity index (χ1n) is 10.0. The monoisotopic (exact) mass is 439 g/mol. The molecule has 0 N–H and O–H groups in total. The van der Waals surface area contributed by atoms with Gasteiger partial charge in [0.1, 0.15) is 0 Å². The van der Waals surface area contributed by atoms with Gasteiger partial charge in [-0.25, -0.2) is 4.98 Å². The van der Waals surface area contributed by atoms with Gasteiger partial charge in [-0.15, -0.1) is 0 Å². The number of amides is 1. The minimum atomic E-state index is -0.0957. The standard InChI is InChI=1S/C24H23Cl2N3O/c1-28-15-5-6-19(16-28)29(23-22(26)9-4-14-27-23)24(30)18-12-10-17(11-13-18)20-7-2-3-8-21(20)25/h2-4,7-14,19H,5-6,15-16H2,1H3/t19-/m1/s1. The number of hydrogen-bond acceptors (Lipinski definition) is 3. The average Bonchev–Trinajstić information content (AvgIpc) is 2.76. The van der Waals surface area contributed by atoms with E-state index >= 15 is 0 Å². The molecule has 2 heterocycles. The summed E-state index contributed by atoms with van der Waals surface area (Å²) in [5.41, 5.74) is 2.51. The van der Waals surface area contributed by atoms with Crippen LogP contribution in [0.3, 0.4) is 0 Å². The summed E-state index contributed by atoms with van der Waals surface area (Å²) in [5.74, 6) is 0.418. The molecule has 30 heavy (non-hydrogen) atoms. The molecule has 1 amide bonds. The maximum Gasteiger partial charge on any atom is 0.259 e. The van der Waals surface area contributed by atoms with Crippen LogP contribution in [0, 0.1) is 0 Å². The van der Waals surface area contributed by atoms with Crippen molar-refractivity contribution in [1.82, 2.24) is 9.88 Å². The lowest BCUT2D eigenvalue weighted by atomic mass is 10.0. The van der Waals surface area contributed by atoms with Crippen LogP contribution in [-0.4, -0.2) is 42.0 Å². The number of benzene rings is 2. The second-order valence-corrected chi connectivity index (χ2v) is 8.41. The van der Waals surface area contributed by atoms with Gasteiger partial charge in [0.05, 0.1) is 11.1 Å². The lowest BCUT2D eigenvalue weighted by molar-refractivity contribution is 0.0960. The van der Waals surface area contributed by atoms with E-state index in [9.17, 15) is 4.79 Å². The quantitative estimate of drug-likeness (QED) is 0.515. The van der Waals surface area contributed by atoms with Gasteiger partial charge in [0, 0.05) is 28.9 Å². The lowest BCUT2D eigenvalue weighted by Gasteiger charge is -2.37. The number of piperidine rings is 1. The van der Waals surface area contributed by atoms with Gasteiger partial charge in [0.15, 0.2) is 5.82 Å². The van der Waals surface area contributed by atoms with E-state index in [0.717, 1.165) is 37.1 Å². The number of pyridine rings is 1. The summed E-state index contributed by atoms with van der Waals surface area (Å²) in [4.78, 5) is 22.0. The number of carbonyl (C=O) groups excluding carboxylic acids is 1. The van der Waals surface area contributed by atoms with Crippen molar-refractivity contribution in [3.05, 3.63) is 82.5 Å². The molecule has 4 nitrogen and oxygen atoms in total. The predicted molar refractivity (Wildman–Crippen MR) is 123 cm³/mol. The molecule has 0 radical (unpaired) electrons. The van der Waals surface area contributed by atoms with E-state index < -0.39 is 0 Å². The van der Waals surface area contributed by atoms with E-state index in [-0.39, 0.29) is 11.9 Å². The number of nitrogens with zero attached hydrogens (tertiary/aromatic N) is 3. The maximum atomic E-state index is 13.6. The summed E-state index contributed by atoms with van der Waals surface area (Å²) in [6, 6.07) is 18.8. The fourth-order valence-electron chi connectivity index (χ4n) is 3.97. The smallest absolute Gasteiger partial charge is 0.259 e. The minimum absolute atomic E-state index is 0.0203. The van der Waals surface area contributed by atoms with Crippen LogP contribution >= 0.6 is 23.2 Å². The minimum Gasteiger partial charge on any atom is -0.304 e. The molecule has 4 rings (SSSR count). The maximum absolute atomic E-state index is 13.6. The van der Waals surface area contributed by atoms with E-state index in [2.05, 4.69) is 16.9 Å². The van der Waals surface area contributed by atoms with Crippen molar-refractivity contribution in [3.8, 4) is 11.1 Å². The molecule has 3 aromatic rings. The Hall–Kier alpha value is -2.40. The zero-order chi connectivity index (χ0) is 21.1. The molecule has 0 spiro atoms. The van der Waals surface area contributed by atoms with Gasteiger partial charge >= 0.3 is 0 Å². The summed E-state index contributed by atoms with van der Waals surface area (Å²) < 4.78 is 0. The van der Waals surface area contributed by atoms with Gasteiger partial charge in [-0.05, 0) is 62.3 Å². The average molecular weight is 440 g/mol. The van der Waals surface area contributed by atoms with E-state index in [1.165, 1.54) is 0 Å². The van der Waals surface area contributed by atoms with Crippen molar-refractivity contribution < 1.29 is 4.79 Å². The number of anilines is 1. The molecule has 0 saturated carbocycles. The first kappa shape index (κ1) is 20.9. The highest BCUT2D eigenvalue weighted by Crippen LogP contribution is 2.31. The Balaban J connectivity index is 1.68. The van der Waals surface area contributed by atoms with Crippen LogP contribution in [0.15, 0.2) is 66.9 Å². The third-order valence-corrected chi connectivity index (χ3v) is 6.09. The fraction of sp³-hybridized carbons (Fsp3) is 0.250. The van der Waals surface area contributed by atoms with Gasteiger partial charge in [-0.1, -0.05) is 53.5 Å². The van der Waals surface area contributed by atoms with Crippen molar-refractivity contribution in [2.45, 2.75) is 18.9 Å². The van der Waals surface area contributed by atoms with Gasteiger partial charge in [-0.2, -0.15) is 0 Å². The number of halogens is 2. The van der Waals surface area contributed by atoms with Crippen LogP contribution in [0.1, 0.15) is 23.2 Å². The second kappa shape index (κ2) is 9.17. The topological polar surface area (TPSA) is 36.4 Å². The Bertz CT molecular complexity index is 1040. The fourth-order valence-corrected chi connectivity index (χ4v) is 4.42. The van der Waals surface area contributed by atoms with Gasteiger partial charge in [0.25, 0.3) is 5.91 Å². The molecule has 6 heteroatoms. The molecule has 1 fully saturated rings. The van der Waals surface area contributed by atoms with Gasteiger partial charge in [0.2, 0.25) is 0 Å². The summed E-state index contributed by atoms with van der Waals surface area (Å²) >= 11 is 12.8. The molecule has 154 valence electrons. The molecule has 1 aromatic heterocycles. The van der Waals surface area contributed by atoms with Crippen LogP contribution in [0.25, 0.3) is 11.1 Å². The van der Waals surface area contributed by atoms with Crippen molar-refractivity contribution in [1.29, 1.82) is 0 Å². The number of aromatic nitrogens is 1. The van der Waals surface area contributed by atoms with Crippen LogP contribution in [0.5, 0.6) is 0 Å². The third kappa shape index (κ3) is 4.36. The molecule has 2 aromatic carbocycles. The van der Waals surface area contributed by atoms with Crippen molar-refractivity contribution in [2.24, 2.45) is 0 Å². The van der Waals surface area contributed by atoms with Gasteiger partial charge < -0.3 is 4.90 Å². The first-order chi connectivity index (χ1) is 14.5. The van der Waals surface area contributed by atoms with Crippen molar-refractivity contribution >= 4 is 34.9 Å². The summed E-state index contributed by atoms with van der Waals surface area (Å²) in [6.07, 6.45) is 3.62.